The lowest BCUT2D eigenvalue weighted by molar-refractivity contribution is -0.384. The number of nitro groups is 1. The summed E-state index contributed by atoms with van der Waals surface area (Å²) >= 11 is 5.66. The van der Waals surface area contributed by atoms with Crippen LogP contribution >= 0.6 is 11.6 Å². The zero-order valence-corrected chi connectivity index (χ0v) is 17.4. The Labute approximate surface area is 190 Å². The first-order chi connectivity index (χ1) is 15.7. The predicted molar refractivity (Wildman–Crippen MR) is 106 cm³/mol. The molecule has 0 aliphatic rings. The normalized spacial score (nSPS) is 11.9. The van der Waals surface area contributed by atoms with E-state index in [-0.39, 0.29) is 17.2 Å². The molecule has 0 aliphatic carbocycles. The quantitative estimate of drug-likeness (QED) is 0.256. The van der Waals surface area contributed by atoms with Crippen LogP contribution < -0.4 is 10.1 Å². The summed E-state index contributed by atoms with van der Waals surface area (Å²) in [7, 11) is 1.03. The highest BCUT2D eigenvalue weighted by atomic mass is 35.5. The first-order valence-electron chi connectivity index (χ1n) is 8.92. The van der Waals surface area contributed by atoms with Crippen LogP contribution in [0.25, 0.3) is 0 Å². The number of carbonyl (C=O) groups excluding carboxylic acids is 1. The molecule has 3 aromatic rings. The van der Waals surface area contributed by atoms with Crippen LogP contribution in [-0.2, 0) is 19.4 Å². The average molecular weight is 509 g/mol. The summed E-state index contributed by atoms with van der Waals surface area (Å²) in [4.78, 5) is 22.9. The fourth-order valence-corrected chi connectivity index (χ4v) is 3.16. The lowest BCUT2D eigenvalue weighted by Crippen LogP contribution is -2.16. The summed E-state index contributed by atoms with van der Waals surface area (Å²) in [6.45, 7) is 0. The maximum atomic E-state index is 13.0. The van der Waals surface area contributed by atoms with Crippen molar-refractivity contribution in [2.45, 2.75) is 12.4 Å². The standard InChI is InChI=1S/C19H11ClF6N4O4/c1-29-15(14(20)16(28-29)19(24,25)26)17(31)27-10-6-11(30(32)33)8-13(7-10)34-12-4-2-3-9(5-12)18(21,22)23/h2-8H,1H3,(H,27,31). The molecule has 1 aromatic heterocycles. The first kappa shape index (κ1) is 24.8. The molecule has 0 fully saturated rings. The van der Waals surface area contributed by atoms with Crippen molar-refractivity contribution >= 4 is 28.9 Å². The molecule has 34 heavy (non-hydrogen) atoms. The molecule has 1 N–H and O–H groups in total. The van der Waals surface area contributed by atoms with Crippen LogP contribution in [0.2, 0.25) is 5.02 Å². The maximum Gasteiger partial charge on any atom is 0.436 e. The number of ether oxygens (including phenoxy) is 1. The van der Waals surface area contributed by atoms with Gasteiger partial charge in [-0.05, 0) is 18.2 Å². The monoisotopic (exact) mass is 508 g/mol. The Morgan fingerprint density at radius 2 is 1.76 bits per heavy atom. The first-order valence-corrected chi connectivity index (χ1v) is 9.30. The van der Waals surface area contributed by atoms with Gasteiger partial charge in [0.05, 0.1) is 22.2 Å². The van der Waals surface area contributed by atoms with Crippen LogP contribution in [0.4, 0.5) is 37.7 Å². The smallest absolute Gasteiger partial charge is 0.436 e. The molecule has 8 nitrogen and oxygen atoms in total. The molecule has 1 heterocycles. The van der Waals surface area contributed by atoms with Gasteiger partial charge < -0.3 is 10.1 Å². The zero-order chi connectivity index (χ0) is 25.4. The Hall–Kier alpha value is -3.81. The maximum absolute atomic E-state index is 13.0. The minimum absolute atomic E-state index is 0.299. The largest absolute Gasteiger partial charge is 0.457 e. The van der Waals surface area contributed by atoms with Gasteiger partial charge in [-0.2, -0.15) is 31.4 Å². The Morgan fingerprint density at radius 1 is 1.09 bits per heavy atom. The number of nitrogens with one attached hydrogen (secondary N) is 1. The lowest BCUT2D eigenvalue weighted by atomic mass is 10.2. The van der Waals surface area contributed by atoms with Gasteiger partial charge in [0.15, 0.2) is 5.69 Å². The van der Waals surface area contributed by atoms with Crippen molar-refractivity contribution in [1.82, 2.24) is 9.78 Å². The minimum Gasteiger partial charge on any atom is -0.457 e. The molecule has 180 valence electrons. The lowest BCUT2D eigenvalue weighted by Gasteiger charge is -2.12. The van der Waals surface area contributed by atoms with E-state index in [0.717, 1.165) is 37.4 Å². The number of non-ortho nitro benzene ring substituents is 1. The molecule has 15 heteroatoms. The summed E-state index contributed by atoms with van der Waals surface area (Å²) in [5.41, 5.74) is -4.13. The third-order valence-electron chi connectivity index (χ3n) is 4.23. The fourth-order valence-electron chi connectivity index (χ4n) is 2.81. The SMILES string of the molecule is Cn1nc(C(F)(F)F)c(Cl)c1C(=O)Nc1cc(Oc2cccc(C(F)(F)F)c2)cc([N+](=O)[O-])c1. The van der Waals surface area contributed by atoms with E-state index in [9.17, 15) is 41.3 Å². The summed E-state index contributed by atoms with van der Waals surface area (Å²) in [5.74, 6) is -1.81. The number of hydrogen-bond acceptors (Lipinski definition) is 5. The van der Waals surface area contributed by atoms with Gasteiger partial charge in [-0.3, -0.25) is 19.6 Å². The van der Waals surface area contributed by atoms with Gasteiger partial charge in [-0.1, -0.05) is 17.7 Å². The number of halogens is 7. The van der Waals surface area contributed by atoms with Crippen molar-refractivity contribution in [2.24, 2.45) is 7.05 Å². The molecule has 0 spiro atoms. The van der Waals surface area contributed by atoms with Crippen LogP contribution in [0, 0.1) is 10.1 Å². The number of nitrogens with zero attached hydrogens (tertiary/aromatic N) is 3. The topological polar surface area (TPSA) is 99.3 Å². The number of carbonyl (C=O) groups is 1. The van der Waals surface area contributed by atoms with Crippen molar-refractivity contribution in [3.63, 3.8) is 0 Å². The number of alkyl halides is 6. The van der Waals surface area contributed by atoms with Crippen molar-refractivity contribution < 1.29 is 40.8 Å². The minimum atomic E-state index is -4.94. The highest BCUT2D eigenvalue weighted by Crippen LogP contribution is 2.37. The number of aromatic nitrogens is 2. The number of benzene rings is 2. The van der Waals surface area contributed by atoms with E-state index in [1.54, 1.807) is 0 Å². The molecule has 2 aromatic carbocycles. The molecule has 0 saturated heterocycles. The number of nitro benzene ring substituents is 1. The highest BCUT2D eigenvalue weighted by Gasteiger charge is 2.39. The van der Waals surface area contributed by atoms with Gasteiger partial charge in [0.25, 0.3) is 11.6 Å². The molecular weight excluding hydrogens is 498 g/mol. The van der Waals surface area contributed by atoms with E-state index in [2.05, 4.69) is 10.4 Å². The van der Waals surface area contributed by atoms with E-state index in [0.29, 0.717) is 10.7 Å². The number of rotatable bonds is 5. The van der Waals surface area contributed by atoms with Gasteiger partial charge >= 0.3 is 12.4 Å². The number of amides is 1. The Kier molecular flexibility index (Phi) is 6.46. The fraction of sp³-hybridized carbons (Fsp3) is 0.158. The average Bonchev–Trinajstić information content (AvgIpc) is 3.01. The van der Waals surface area contributed by atoms with Gasteiger partial charge in [0.2, 0.25) is 0 Å². The Morgan fingerprint density at radius 3 is 2.32 bits per heavy atom. The van der Waals surface area contributed by atoms with E-state index >= 15 is 0 Å². The summed E-state index contributed by atoms with van der Waals surface area (Å²) in [6, 6.07) is 6.45. The summed E-state index contributed by atoms with van der Waals surface area (Å²) in [6.07, 6.45) is -9.61. The van der Waals surface area contributed by atoms with Crippen LogP contribution in [0.1, 0.15) is 21.7 Å². The van der Waals surface area contributed by atoms with Crippen LogP contribution in [0.3, 0.4) is 0 Å². The molecule has 1 amide bonds. The second kappa shape index (κ2) is 8.85. The molecular formula is C19H11ClF6N4O4. The third kappa shape index (κ3) is 5.39. The van der Waals surface area contributed by atoms with E-state index in [1.807, 2.05) is 0 Å². The molecule has 0 unspecified atom stereocenters. The highest BCUT2D eigenvalue weighted by molar-refractivity contribution is 6.34. The van der Waals surface area contributed by atoms with Crippen molar-refractivity contribution in [3.8, 4) is 11.5 Å². The molecule has 0 saturated carbocycles. The molecule has 3 rings (SSSR count). The van der Waals surface area contributed by atoms with Gasteiger partial charge in [-0.25, -0.2) is 0 Å². The van der Waals surface area contributed by atoms with E-state index < -0.39 is 50.8 Å². The van der Waals surface area contributed by atoms with Crippen molar-refractivity contribution in [2.75, 3.05) is 5.32 Å². The van der Waals surface area contributed by atoms with Crippen molar-refractivity contribution in [3.05, 3.63) is 74.6 Å². The Bertz CT molecular complexity index is 1270. The van der Waals surface area contributed by atoms with E-state index in [1.165, 1.54) is 6.07 Å². The zero-order valence-electron chi connectivity index (χ0n) is 16.7. The summed E-state index contributed by atoms with van der Waals surface area (Å²) < 4.78 is 83.5. The van der Waals surface area contributed by atoms with Gasteiger partial charge in [0, 0.05) is 19.2 Å². The number of hydrogen-bond donors (Lipinski definition) is 1. The molecule has 0 aliphatic heterocycles. The van der Waals surface area contributed by atoms with Crippen LogP contribution in [-0.4, -0.2) is 20.6 Å². The van der Waals surface area contributed by atoms with E-state index in [4.69, 9.17) is 16.3 Å². The number of anilines is 1. The summed E-state index contributed by atoms with van der Waals surface area (Å²) in [5, 5.41) is 15.6. The molecule has 0 atom stereocenters. The Balaban J connectivity index is 1.94. The van der Waals surface area contributed by atoms with Gasteiger partial charge in [0.1, 0.15) is 22.2 Å². The number of aryl methyl sites for hydroxylation is 1. The van der Waals surface area contributed by atoms with Gasteiger partial charge in [-0.15, -0.1) is 0 Å². The molecule has 0 bridgehead atoms. The van der Waals surface area contributed by atoms with Crippen LogP contribution in [0.5, 0.6) is 11.5 Å². The third-order valence-corrected chi connectivity index (χ3v) is 4.59. The molecule has 0 radical (unpaired) electrons. The second-order valence-electron chi connectivity index (χ2n) is 6.69. The van der Waals surface area contributed by atoms with Crippen LogP contribution in [0.15, 0.2) is 42.5 Å². The van der Waals surface area contributed by atoms with Crippen molar-refractivity contribution in [1.29, 1.82) is 0 Å². The second-order valence-corrected chi connectivity index (χ2v) is 7.07. The predicted octanol–water partition coefficient (Wildman–Crippen LogP) is 6.06.